The average molecular weight is 360 g/mol. The summed E-state index contributed by atoms with van der Waals surface area (Å²) < 4.78 is 5.36. The van der Waals surface area contributed by atoms with Crippen molar-refractivity contribution in [3.05, 3.63) is 57.1 Å². The van der Waals surface area contributed by atoms with Crippen LogP contribution in [-0.2, 0) is 0 Å². The molecule has 0 aliphatic carbocycles. The molecule has 1 aliphatic heterocycles. The molecule has 4 rings (SSSR count). The summed E-state index contributed by atoms with van der Waals surface area (Å²) in [6.45, 7) is 3.20. The van der Waals surface area contributed by atoms with Gasteiger partial charge >= 0.3 is 0 Å². The van der Waals surface area contributed by atoms with E-state index < -0.39 is 0 Å². The number of rotatable bonds is 3. The van der Waals surface area contributed by atoms with Gasteiger partial charge in [-0.3, -0.25) is 4.79 Å². The Bertz CT molecular complexity index is 899. The second-order valence-electron chi connectivity index (χ2n) is 5.86. The number of hydrogen-bond donors (Lipinski definition) is 0. The number of carbonyl (C=O) groups excluding carboxylic acids is 1. The zero-order valence-corrected chi connectivity index (χ0v) is 14.5. The number of benzene rings is 1. The maximum Gasteiger partial charge on any atom is 0.263 e. The molecule has 1 amide bonds. The molecule has 3 heterocycles. The Hall–Kier alpha value is -2.18. The molecule has 7 heteroatoms. The van der Waals surface area contributed by atoms with Gasteiger partial charge in [0.15, 0.2) is 0 Å². The molecule has 0 N–H and O–H groups in total. The van der Waals surface area contributed by atoms with E-state index in [1.807, 2.05) is 30.5 Å². The number of amides is 1. The highest BCUT2D eigenvalue weighted by atomic mass is 35.5. The van der Waals surface area contributed by atoms with Gasteiger partial charge in [0.25, 0.3) is 5.91 Å². The maximum atomic E-state index is 12.3. The van der Waals surface area contributed by atoms with Gasteiger partial charge in [0.05, 0.1) is 10.8 Å². The van der Waals surface area contributed by atoms with E-state index in [0.717, 1.165) is 16.0 Å². The van der Waals surface area contributed by atoms with E-state index in [2.05, 4.69) is 10.1 Å². The van der Waals surface area contributed by atoms with Crippen molar-refractivity contribution in [3.63, 3.8) is 0 Å². The van der Waals surface area contributed by atoms with E-state index in [1.54, 1.807) is 17.0 Å². The van der Waals surface area contributed by atoms with Crippen LogP contribution in [0.15, 0.2) is 40.2 Å². The van der Waals surface area contributed by atoms with Gasteiger partial charge in [-0.15, -0.1) is 11.3 Å². The van der Waals surface area contributed by atoms with Crippen LogP contribution in [0.25, 0.3) is 11.4 Å². The molecule has 24 heavy (non-hydrogen) atoms. The van der Waals surface area contributed by atoms with E-state index in [-0.39, 0.29) is 11.8 Å². The Labute approximate surface area is 147 Å². The number of carbonyl (C=O) groups is 1. The van der Waals surface area contributed by atoms with Gasteiger partial charge < -0.3 is 9.42 Å². The van der Waals surface area contributed by atoms with Crippen LogP contribution in [0, 0.1) is 6.92 Å². The lowest BCUT2D eigenvalue weighted by Crippen LogP contribution is -2.48. The molecule has 0 radical (unpaired) electrons. The van der Waals surface area contributed by atoms with E-state index >= 15 is 0 Å². The summed E-state index contributed by atoms with van der Waals surface area (Å²) in [5, 5.41) is 6.63. The standard InChI is InChI=1S/C17H14ClN3O2S/c1-10-5-14(24-9-10)17(22)21-7-12(8-21)16-19-15(20-23-16)11-3-2-4-13(18)6-11/h2-6,9,12H,7-8H2,1H3. The largest absolute Gasteiger partial charge is 0.339 e. The van der Waals surface area contributed by atoms with Crippen LogP contribution in [0.3, 0.4) is 0 Å². The molecular weight excluding hydrogens is 346 g/mol. The van der Waals surface area contributed by atoms with Crippen LogP contribution in [0.2, 0.25) is 5.02 Å². The fourth-order valence-corrected chi connectivity index (χ4v) is 3.70. The summed E-state index contributed by atoms with van der Waals surface area (Å²) in [7, 11) is 0. The van der Waals surface area contributed by atoms with Crippen molar-refractivity contribution in [1.29, 1.82) is 0 Å². The third kappa shape index (κ3) is 2.83. The Morgan fingerprint density at radius 2 is 2.21 bits per heavy atom. The molecular formula is C17H14ClN3O2S. The van der Waals surface area contributed by atoms with Crippen molar-refractivity contribution in [3.8, 4) is 11.4 Å². The normalized spacial score (nSPS) is 14.7. The predicted molar refractivity (Wildman–Crippen MR) is 92.4 cm³/mol. The van der Waals surface area contributed by atoms with Crippen molar-refractivity contribution in [2.75, 3.05) is 13.1 Å². The number of nitrogens with zero attached hydrogens (tertiary/aromatic N) is 3. The van der Waals surface area contributed by atoms with Crippen LogP contribution in [0.4, 0.5) is 0 Å². The van der Waals surface area contributed by atoms with Gasteiger partial charge in [-0.25, -0.2) is 0 Å². The van der Waals surface area contributed by atoms with E-state index in [9.17, 15) is 4.79 Å². The van der Waals surface area contributed by atoms with Gasteiger partial charge in [-0.05, 0) is 36.1 Å². The molecule has 1 fully saturated rings. The molecule has 0 atom stereocenters. The molecule has 1 aliphatic rings. The zero-order chi connectivity index (χ0) is 16.7. The lowest BCUT2D eigenvalue weighted by Gasteiger charge is -2.36. The third-order valence-electron chi connectivity index (χ3n) is 3.98. The van der Waals surface area contributed by atoms with E-state index in [1.165, 1.54) is 11.3 Å². The Kier molecular flexibility index (Phi) is 3.86. The lowest BCUT2D eigenvalue weighted by atomic mass is 10.00. The highest BCUT2D eigenvalue weighted by Gasteiger charge is 2.36. The summed E-state index contributed by atoms with van der Waals surface area (Å²) in [5.74, 6) is 1.25. The van der Waals surface area contributed by atoms with Crippen molar-refractivity contribution >= 4 is 28.8 Å². The molecule has 2 aromatic heterocycles. The van der Waals surface area contributed by atoms with Gasteiger partial charge in [-0.2, -0.15) is 4.98 Å². The van der Waals surface area contributed by atoms with Crippen molar-refractivity contribution < 1.29 is 9.32 Å². The minimum Gasteiger partial charge on any atom is -0.339 e. The zero-order valence-electron chi connectivity index (χ0n) is 12.9. The molecule has 122 valence electrons. The predicted octanol–water partition coefficient (Wildman–Crippen LogP) is 4.00. The van der Waals surface area contributed by atoms with Crippen molar-refractivity contribution in [2.24, 2.45) is 0 Å². The monoisotopic (exact) mass is 359 g/mol. The first-order valence-corrected chi connectivity index (χ1v) is 8.80. The highest BCUT2D eigenvalue weighted by Crippen LogP contribution is 2.30. The second kappa shape index (κ2) is 6.03. The van der Waals surface area contributed by atoms with Crippen molar-refractivity contribution in [2.45, 2.75) is 12.8 Å². The molecule has 1 saturated heterocycles. The van der Waals surface area contributed by atoms with E-state index in [0.29, 0.717) is 29.8 Å². The summed E-state index contributed by atoms with van der Waals surface area (Å²) in [5.41, 5.74) is 1.93. The van der Waals surface area contributed by atoms with E-state index in [4.69, 9.17) is 16.1 Å². The molecule has 0 saturated carbocycles. The summed E-state index contributed by atoms with van der Waals surface area (Å²) in [6, 6.07) is 9.25. The molecule has 3 aromatic rings. The van der Waals surface area contributed by atoms with Crippen molar-refractivity contribution in [1.82, 2.24) is 15.0 Å². The number of halogens is 1. The average Bonchev–Trinajstić information content (AvgIpc) is 3.15. The highest BCUT2D eigenvalue weighted by molar-refractivity contribution is 7.12. The number of aryl methyl sites for hydroxylation is 1. The Morgan fingerprint density at radius 1 is 1.38 bits per heavy atom. The summed E-state index contributed by atoms with van der Waals surface area (Å²) in [4.78, 5) is 19.4. The van der Waals surface area contributed by atoms with Crippen LogP contribution in [0.1, 0.15) is 27.0 Å². The topological polar surface area (TPSA) is 59.2 Å². The SMILES string of the molecule is Cc1csc(C(=O)N2CC(c3nc(-c4cccc(Cl)c4)no3)C2)c1. The fraction of sp³-hybridized carbons (Fsp3) is 0.235. The maximum absolute atomic E-state index is 12.3. The van der Waals surface area contributed by atoms with Gasteiger partial charge in [0, 0.05) is 23.7 Å². The molecule has 5 nitrogen and oxygen atoms in total. The summed E-state index contributed by atoms with van der Waals surface area (Å²) >= 11 is 7.47. The van der Waals surface area contributed by atoms with Crippen LogP contribution >= 0.6 is 22.9 Å². The van der Waals surface area contributed by atoms with Gasteiger partial charge in [-0.1, -0.05) is 28.9 Å². The number of hydrogen-bond acceptors (Lipinski definition) is 5. The Balaban J connectivity index is 1.43. The number of likely N-dealkylation sites (tertiary alicyclic amines) is 1. The molecule has 0 spiro atoms. The Morgan fingerprint density at radius 3 is 2.92 bits per heavy atom. The van der Waals surface area contributed by atoms with Crippen LogP contribution < -0.4 is 0 Å². The van der Waals surface area contributed by atoms with Gasteiger partial charge in [0.2, 0.25) is 11.7 Å². The second-order valence-corrected chi connectivity index (χ2v) is 7.21. The first kappa shape index (κ1) is 15.4. The third-order valence-corrected chi connectivity index (χ3v) is 5.26. The molecule has 0 bridgehead atoms. The van der Waals surface area contributed by atoms with Crippen LogP contribution in [0.5, 0.6) is 0 Å². The molecule has 0 unspecified atom stereocenters. The minimum atomic E-state index is 0.0685. The first-order valence-electron chi connectivity index (χ1n) is 7.54. The minimum absolute atomic E-state index is 0.0685. The molecule has 1 aromatic carbocycles. The summed E-state index contributed by atoms with van der Waals surface area (Å²) in [6.07, 6.45) is 0. The lowest BCUT2D eigenvalue weighted by molar-refractivity contribution is 0.0574. The smallest absolute Gasteiger partial charge is 0.263 e. The van der Waals surface area contributed by atoms with Gasteiger partial charge in [0.1, 0.15) is 0 Å². The fourth-order valence-electron chi connectivity index (χ4n) is 2.65. The first-order chi connectivity index (χ1) is 11.6. The number of aromatic nitrogens is 2. The quantitative estimate of drug-likeness (QED) is 0.709. The number of thiophene rings is 1. The van der Waals surface area contributed by atoms with Crippen LogP contribution in [-0.4, -0.2) is 34.0 Å².